The van der Waals surface area contributed by atoms with Crippen LogP contribution in [0.2, 0.25) is 0 Å². The second-order valence-electron chi connectivity index (χ2n) is 4.69. The SMILES string of the molecule is CC(O)(CCO)c1ccc(Oc2ccccc2)cc1. The van der Waals surface area contributed by atoms with Gasteiger partial charge < -0.3 is 14.9 Å². The smallest absolute Gasteiger partial charge is 0.127 e. The van der Waals surface area contributed by atoms with Crippen molar-refractivity contribution in [1.82, 2.24) is 0 Å². The van der Waals surface area contributed by atoms with E-state index in [1.807, 2.05) is 54.6 Å². The molecule has 2 aromatic carbocycles. The first kappa shape index (κ1) is 13.6. The Bertz CT molecular complexity index is 503. The number of hydrogen-bond donors (Lipinski definition) is 2. The zero-order valence-electron chi connectivity index (χ0n) is 10.9. The lowest BCUT2D eigenvalue weighted by atomic mass is 9.93. The summed E-state index contributed by atoms with van der Waals surface area (Å²) in [6.07, 6.45) is 0.311. The molecule has 3 nitrogen and oxygen atoms in total. The lowest BCUT2D eigenvalue weighted by Crippen LogP contribution is -2.22. The van der Waals surface area contributed by atoms with E-state index in [2.05, 4.69) is 0 Å². The Morgan fingerprint density at radius 2 is 1.53 bits per heavy atom. The molecule has 0 bridgehead atoms. The molecule has 0 amide bonds. The van der Waals surface area contributed by atoms with Crippen LogP contribution in [-0.2, 0) is 5.60 Å². The van der Waals surface area contributed by atoms with E-state index in [-0.39, 0.29) is 6.61 Å². The number of rotatable bonds is 5. The monoisotopic (exact) mass is 258 g/mol. The molecule has 0 spiro atoms. The summed E-state index contributed by atoms with van der Waals surface area (Å²) in [7, 11) is 0. The lowest BCUT2D eigenvalue weighted by molar-refractivity contribution is 0.0299. The number of ether oxygens (including phenoxy) is 1. The first-order chi connectivity index (χ1) is 9.12. The second-order valence-corrected chi connectivity index (χ2v) is 4.69. The summed E-state index contributed by atoms with van der Waals surface area (Å²) >= 11 is 0. The van der Waals surface area contributed by atoms with E-state index in [4.69, 9.17) is 9.84 Å². The Balaban J connectivity index is 2.11. The highest BCUT2D eigenvalue weighted by Gasteiger charge is 2.21. The third-order valence-corrected chi connectivity index (χ3v) is 3.05. The van der Waals surface area contributed by atoms with Crippen LogP contribution in [0.3, 0.4) is 0 Å². The fourth-order valence-corrected chi connectivity index (χ4v) is 1.87. The highest BCUT2D eigenvalue weighted by atomic mass is 16.5. The minimum atomic E-state index is -1.01. The highest BCUT2D eigenvalue weighted by Crippen LogP contribution is 2.27. The van der Waals surface area contributed by atoms with E-state index in [9.17, 15) is 5.11 Å². The average molecular weight is 258 g/mol. The highest BCUT2D eigenvalue weighted by molar-refractivity contribution is 5.34. The van der Waals surface area contributed by atoms with Gasteiger partial charge in [-0.2, -0.15) is 0 Å². The molecule has 3 heteroatoms. The predicted molar refractivity (Wildman–Crippen MR) is 74.2 cm³/mol. The van der Waals surface area contributed by atoms with E-state index < -0.39 is 5.60 Å². The molecule has 19 heavy (non-hydrogen) atoms. The molecule has 0 aliphatic heterocycles. The molecule has 1 unspecified atom stereocenters. The molecule has 0 aliphatic carbocycles. The van der Waals surface area contributed by atoms with E-state index in [1.54, 1.807) is 6.92 Å². The molecule has 0 aliphatic rings. The van der Waals surface area contributed by atoms with Crippen LogP contribution in [0, 0.1) is 0 Å². The van der Waals surface area contributed by atoms with Crippen molar-refractivity contribution in [3.8, 4) is 11.5 Å². The van der Waals surface area contributed by atoms with Crippen molar-refractivity contribution in [1.29, 1.82) is 0 Å². The number of aliphatic hydroxyl groups is 2. The molecule has 1 atom stereocenters. The number of benzene rings is 2. The van der Waals surface area contributed by atoms with Crippen molar-refractivity contribution in [2.45, 2.75) is 18.9 Å². The summed E-state index contributed by atoms with van der Waals surface area (Å²) in [5.41, 5.74) is -0.248. The van der Waals surface area contributed by atoms with Gasteiger partial charge in [-0.3, -0.25) is 0 Å². The third kappa shape index (κ3) is 3.56. The molecule has 0 saturated heterocycles. The second kappa shape index (κ2) is 5.87. The molecule has 0 aromatic heterocycles. The first-order valence-corrected chi connectivity index (χ1v) is 6.28. The normalized spacial score (nSPS) is 13.8. The van der Waals surface area contributed by atoms with E-state index in [0.29, 0.717) is 6.42 Å². The quantitative estimate of drug-likeness (QED) is 0.866. The molecular formula is C16H18O3. The fraction of sp³-hybridized carbons (Fsp3) is 0.250. The Morgan fingerprint density at radius 1 is 0.947 bits per heavy atom. The topological polar surface area (TPSA) is 49.7 Å². The van der Waals surface area contributed by atoms with Gasteiger partial charge in [-0.05, 0) is 36.8 Å². The number of aliphatic hydroxyl groups excluding tert-OH is 1. The average Bonchev–Trinajstić information content (AvgIpc) is 2.40. The summed E-state index contributed by atoms with van der Waals surface area (Å²) in [6, 6.07) is 16.8. The summed E-state index contributed by atoms with van der Waals surface area (Å²) in [4.78, 5) is 0. The van der Waals surface area contributed by atoms with Crippen LogP contribution in [-0.4, -0.2) is 16.8 Å². The molecule has 0 heterocycles. The first-order valence-electron chi connectivity index (χ1n) is 6.28. The van der Waals surface area contributed by atoms with Crippen molar-refractivity contribution in [2.24, 2.45) is 0 Å². The van der Waals surface area contributed by atoms with Gasteiger partial charge in [0.15, 0.2) is 0 Å². The number of para-hydroxylation sites is 1. The fourth-order valence-electron chi connectivity index (χ4n) is 1.87. The maximum atomic E-state index is 10.2. The molecule has 0 saturated carbocycles. The van der Waals surface area contributed by atoms with Gasteiger partial charge in [0.25, 0.3) is 0 Å². The zero-order chi connectivity index (χ0) is 13.7. The Morgan fingerprint density at radius 3 is 2.11 bits per heavy atom. The molecule has 0 fully saturated rings. The van der Waals surface area contributed by atoms with Crippen molar-refractivity contribution >= 4 is 0 Å². The van der Waals surface area contributed by atoms with Crippen LogP contribution in [0.5, 0.6) is 11.5 Å². The van der Waals surface area contributed by atoms with Gasteiger partial charge >= 0.3 is 0 Å². The van der Waals surface area contributed by atoms with Gasteiger partial charge in [0, 0.05) is 13.0 Å². The van der Waals surface area contributed by atoms with E-state index >= 15 is 0 Å². The Labute approximate surface area is 113 Å². The van der Waals surface area contributed by atoms with Crippen molar-refractivity contribution < 1.29 is 14.9 Å². The minimum Gasteiger partial charge on any atom is -0.457 e. The maximum absolute atomic E-state index is 10.2. The van der Waals surface area contributed by atoms with Crippen LogP contribution in [0.15, 0.2) is 54.6 Å². The minimum absolute atomic E-state index is 0.0464. The van der Waals surface area contributed by atoms with Crippen molar-refractivity contribution in [3.63, 3.8) is 0 Å². The maximum Gasteiger partial charge on any atom is 0.127 e. The van der Waals surface area contributed by atoms with Crippen molar-refractivity contribution in [3.05, 3.63) is 60.2 Å². The Hall–Kier alpha value is -1.84. The summed E-state index contributed by atoms with van der Waals surface area (Å²) < 4.78 is 5.67. The van der Waals surface area contributed by atoms with Crippen LogP contribution in [0.1, 0.15) is 18.9 Å². The van der Waals surface area contributed by atoms with Crippen LogP contribution < -0.4 is 4.74 Å². The molecule has 2 rings (SSSR count). The van der Waals surface area contributed by atoms with Gasteiger partial charge in [0.1, 0.15) is 11.5 Å². The Kier molecular flexibility index (Phi) is 4.20. The predicted octanol–water partition coefficient (Wildman–Crippen LogP) is 3.07. The largest absolute Gasteiger partial charge is 0.457 e. The van der Waals surface area contributed by atoms with E-state index in [0.717, 1.165) is 17.1 Å². The summed E-state index contributed by atoms with van der Waals surface area (Å²) in [5, 5.41) is 19.1. The van der Waals surface area contributed by atoms with Gasteiger partial charge in [-0.1, -0.05) is 30.3 Å². The molecule has 2 aromatic rings. The number of hydrogen-bond acceptors (Lipinski definition) is 3. The van der Waals surface area contributed by atoms with Crippen LogP contribution in [0.25, 0.3) is 0 Å². The lowest BCUT2D eigenvalue weighted by Gasteiger charge is -2.22. The molecule has 2 N–H and O–H groups in total. The van der Waals surface area contributed by atoms with Crippen LogP contribution >= 0.6 is 0 Å². The zero-order valence-corrected chi connectivity index (χ0v) is 10.9. The standard InChI is InChI=1S/C16H18O3/c1-16(18,11-12-17)13-7-9-15(10-8-13)19-14-5-3-2-4-6-14/h2-10,17-18H,11-12H2,1H3. The summed E-state index contributed by atoms with van der Waals surface area (Å²) in [5.74, 6) is 1.49. The van der Waals surface area contributed by atoms with E-state index in [1.165, 1.54) is 0 Å². The van der Waals surface area contributed by atoms with Gasteiger partial charge in [0.2, 0.25) is 0 Å². The summed E-state index contributed by atoms with van der Waals surface area (Å²) in [6.45, 7) is 1.64. The molecular weight excluding hydrogens is 240 g/mol. The van der Waals surface area contributed by atoms with Gasteiger partial charge in [-0.15, -0.1) is 0 Å². The van der Waals surface area contributed by atoms with Crippen LogP contribution in [0.4, 0.5) is 0 Å². The van der Waals surface area contributed by atoms with Gasteiger partial charge in [0.05, 0.1) is 5.60 Å². The molecule has 0 radical (unpaired) electrons. The van der Waals surface area contributed by atoms with Crippen molar-refractivity contribution in [2.75, 3.05) is 6.61 Å². The third-order valence-electron chi connectivity index (χ3n) is 3.05. The molecule has 100 valence electrons. The van der Waals surface area contributed by atoms with Gasteiger partial charge in [-0.25, -0.2) is 0 Å².